The predicted octanol–water partition coefficient (Wildman–Crippen LogP) is 3.42. The molecule has 6 heteroatoms. The summed E-state index contributed by atoms with van der Waals surface area (Å²) in [6.45, 7) is 1.72. The van der Waals surface area contributed by atoms with Crippen LogP contribution in [0.4, 0.5) is 5.13 Å². The summed E-state index contributed by atoms with van der Waals surface area (Å²) >= 11 is 3.34. The molecule has 0 aliphatic carbocycles. The predicted molar refractivity (Wildman–Crippen MR) is 83.4 cm³/mol. The maximum atomic E-state index is 5.58. The van der Waals surface area contributed by atoms with Gasteiger partial charge in [0.1, 0.15) is 0 Å². The van der Waals surface area contributed by atoms with Gasteiger partial charge in [0.25, 0.3) is 0 Å². The van der Waals surface area contributed by atoms with E-state index in [1.54, 1.807) is 23.1 Å². The second kappa shape index (κ2) is 7.06. The van der Waals surface area contributed by atoms with Gasteiger partial charge in [-0.25, -0.2) is 0 Å². The minimum Gasteiger partial charge on any atom is -0.376 e. The van der Waals surface area contributed by atoms with E-state index in [9.17, 15) is 0 Å². The molecule has 1 aliphatic rings. The monoisotopic (exact) mass is 307 g/mol. The van der Waals surface area contributed by atoms with Crippen LogP contribution in [-0.2, 0) is 10.5 Å². The van der Waals surface area contributed by atoms with Gasteiger partial charge in [-0.2, -0.15) is 0 Å². The molecule has 2 heterocycles. The summed E-state index contributed by atoms with van der Waals surface area (Å²) < 4.78 is 6.58. The number of hydrogen-bond acceptors (Lipinski definition) is 6. The standard InChI is InChI=1S/C14H17N3OS2/c1-2-5-11(6-3-1)10-19-14-17-16-13(20-14)15-9-12-7-4-8-18-12/h1-3,5-6,12H,4,7-10H2,(H,15,16). The van der Waals surface area contributed by atoms with Gasteiger partial charge in [-0.3, -0.25) is 0 Å². The number of thioether (sulfide) groups is 1. The Balaban J connectivity index is 1.46. The first kappa shape index (κ1) is 13.9. The highest BCUT2D eigenvalue weighted by Crippen LogP contribution is 2.28. The van der Waals surface area contributed by atoms with Gasteiger partial charge in [0.15, 0.2) is 4.34 Å². The van der Waals surface area contributed by atoms with Crippen molar-refractivity contribution in [3.63, 3.8) is 0 Å². The largest absolute Gasteiger partial charge is 0.376 e. The summed E-state index contributed by atoms with van der Waals surface area (Å²) in [5.41, 5.74) is 1.31. The number of benzene rings is 1. The van der Waals surface area contributed by atoms with E-state index >= 15 is 0 Å². The van der Waals surface area contributed by atoms with E-state index in [0.29, 0.717) is 6.10 Å². The molecule has 1 saturated heterocycles. The van der Waals surface area contributed by atoms with Crippen LogP contribution in [0.5, 0.6) is 0 Å². The minimum absolute atomic E-state index is 0.333. The van der Waals surface area contributed by atoms with E-state index < -0.39 is 0 Å². The van der Waals surface area contributed by atoms with Crippen molar-refractivity contribution < 1.29 is 4.74 Å². The molecule has 0 saturated carbocycles. The van der Waals surface area contributed by atoms with Crippen molar-refractivity contribution in [3.8, 4) is 0 Å². The van der Waals surface area contributed by atoms with Gasteiger partial charge in [-0.1, -0.05) is 53.4 Å². The summed E-state index contributed by atoms with van der Waals surface area (Å²) in [5, 5.41) is 12.6. The molecule has 0 spiro atoms. The van der Waals surface area contributed by atoms with Crippen molar-refractivity contribution in [1.29, 1.82) is 0 Å². The second-order valence-electron chi connectivity index (χ2n) is 4.66. The second-order valence-corrected chi connectivity index (χ2v) is 6.86. The topological polar surface area (TPSA) is 47.0 Å². The Bertz CT molecular complexity index is 526. The Morgan fingerprint density at radius 2 is 2.20 bits per heavy atom. The minimum atomic E-state index is 0.333. The molecule has 0 bridgehead atoms. The fourth-order valence-electron chi connectivity index (χ4n) is 2.07. The highest BCUT2D eigenvalue weighted by molar-refractivity contribution is 8.00. The lowest BCUT2D eigenvalue weighted by atomic mass is 10.2. The molecule has 0 amide bonds. The molecule has 1 N–H and O–H groups in total. The third-order valence-corrected chi connectivity index (χ3v) is 5.20. The van der Waals surface area contributed by atoms with Crippen molar-refractivity contribution in [1.82, 2.24) is 10.2 Å². The SMILES string of the molecule is c1ccc(CSc2nnc(NCC3CCCO3)s2)cc1. The van der Waals surface area contributed by atoms with E-state index in [2.05, 4.69) is 39.8 Å². The van der Waals surface area contributed by atoms with E-state index in [-0.39, 0.29) is 0 Å². The Morgan fingerprint density at radius 3 is 3.00 bits per heavy atom. The van der Waals surface area contributed by atoms with Crippen LogP contribution < -0.4 is 5.32 Å². The smallest absolute Gasteiger partial charge is 0.206 e. The van der Waals surface area contributed by atoms with Gasteiger partial charge in [0, 0.05) is 18.9 Å². The van der Waals surface area contributed by atoms with Gasteiger partial charge in [-0.05, 0) is 18.4 Å². The lowest BCUT2D eigenvalue weighted by Crippen LogP contribution is -2.18. The fourth-order valence-corrected chi connectivity index (χ4v) is 3.78. The molecule has 1 fully saturated rings. The maximum absolute atomic E-state index is 5.58. The molecular formula is C14H17N3OS2. The number of nitrogens with zero attached hydrogens (tertiary/aromatic N) is 2. The highest BCUT2D eigenvalue weighted by Gasteiger charge is 2.15. The van der Waals surface area contributed by atoms with E-state index in [1.807, 2.05) is 6.07 Å². The third kappa shape index (κ3) is 3.94. The first-order valence-corrected chi connectivity index (χ1v) is 8.56. The highest BCUT2D eigenvalue weighted by atomic mass is 32.2. The zero-order valence-corrected chi connectivity index (χ0v) is 12.8. The van der Waals surface area contributed by atoms with Gasteiger partial charge in [0.05, 0.1) is 6.10 Å². The summed E-state index contributed by atoms with van der Waals surface area (Å²) in [7, 11) is 0. The maximum Gasteiger partial charge on any atom is 0.206 e. The molecule has 2 aromatic rings. The van der Waals surface area contributed by atoms with Gasteiger partial charge in [-0.15, -0.1) is 10.2 Å². The molecular weight excluding hydrogens is 290 g/mol. The summed E-state index contributed by atoms with van der Waals surface area (Å²) in [4.78, 5) is 0. The number of anilines is 1. The van der Waals surface area contributed by atoms with E-state index in [4.69, 9.17) is 4.74 Å². The van der Waals surface area contributed by atoms with E-state index in [1.165, 1.54) is 12.0 Å². The fraction of sp³-hybridized carbons (Fsp3) is 0.429. The first-order chi connectivity index (χ1) is 9.90. The zero-order valence-electron chi connectivity index (χ0n) is 11.1. The molecule has 1 aromatic heterocycles. The molecule has 1 aliphatic heterocycles. The van der Waals surface area contributed by atoms with Crippen LogP contribution in [0.15, 0.2) is 34.7 Å². The molecule has 1 unspecified atom stereocenters. The average Bonchev–Trinajstić information content (AvgIpc) is 3.16. The molecule has 1 aromatic carbocycles. The normalized spacial score (nSPS) is 18.3. The van der Waals surface area contributed by atoms with Crippen molar-refractivity contribution >= 4 is 28.2 Å². The molecule has 1 atom stereocenters. The number of rotatable bonds is 6. The summed E-state index contributed by atoms with van der Waals surface area (Å²) in [6, 6.07) is 10.4. The molecule has 0 radical (unpaired) electrons. The molecule has 3 rings (SSSR count). The first-order valence-electron chi connectivity index (χ1n) is 6.76. The zero-order chi connectivity index (χ0) is 13.6. The van der Waals surface area contributed by atoms with Gasteiger partial charge in [0.2, 0.25) is 5.13 Å². The third-order valence-electron chi connectivity index (χ3n) is 3.12. The Hall–Kier alpha value is -1.11. The van der Waals surface area contributed by atoms with Crippen LogP contribution in [-0.4, -0.2) is 29.5 Å². The quantitative estimate of drug-likeness (QED) is 0.829. The molecule has 106 valence electrons. The molecule has 4 nitrogen and oxygen atoms in total. The molecule has 20 heavy (non-hydrogen) atoms. The number of nitrogens with one attached hydrogen (secondary N) is 1. The van der Waals surface area contributed by atoms with Crippen LogP contribution in [0.1, 0.15) is 18.4 Å². The van der Waals surface area contributed by atoms with Crippen LogP contribution in [0.3, 0.4) is 0 Å². The number of aromatic nitrogens is 2. The van der Waals surface area contributed by atoms with E-state index in [0.717, 1.165) is 34.8 Å². The average molecular weight is 307 g/mol. The Morgan fingerprint density at radius 1 is 1.30 bits per heavy atom. The van der Waals surface area contributed by atoms with Crippen molar-refractivity contribution in [2.24, 2.45) is 0 Å². The van der Waals surface area contributed by atoms with Gasteiger partial charge < -0.3 is 10.1 Å². The lowest BCUT2D eigenvalue weighted by molar-refractivity contribution is 0.120. The van der Waals surface area contributed by atoms with Crippen molar-refractivity contribution in [2.75, 3.05) is 18.5 Å². The number of ether oxygens (including phenoxy) is 1. The summed E-state index contributed by atoms with van der Waals surface area (Å²) in [5.74, 6) is 0.932. The van der Waals surface area contributed by atoms with Crippen molar-refractivity contribution in [3.05, 3.63) is 35.9 Å². The van der Waals surface area contributed by atoms with Crippen LogP contribution in [0.25, 0.3) is 0 Å². The number of hydrogen-bond donors (Lipinski definition) is 1. The summed E-state index contributed by atoms with van der Waals surface area (Å²) in [6.07, 6.45) is 2.64. The van der Waals surface area contributed by atoms with Crippen LogP contribution in [0, 0.1) is 0 Å². The Kier molecular flexibility index (Phi) is 4.89. The Labute approximate surface area is 127 Å². The van der Waals surface area contributed by atoms with Crippen LogP contribution in [0.2, 0.25) is 0 Å². The van der Waals surface area contributed by atoms with Gasteiger partial charge >= 0.3 is 0 Å². The lowest BCUT2D eigenvalue weighted by Gasteiger charge is -2.08. The van der Waals surface area contributed by atoms with Crippen molar-refractivity contribution in [2.45, 2.75) is 29.0 Å². The van der Waals surface area contributed by atoms with Crippen LogP contribution >= 0.6 is 23.1 Å².